The lowest BCUT2D eigenvalue weighted by Gasteiger charge is -2.29. The highest BCUT2D eigenvalue weighted by Crippen LogP contribution is 2.51. The van der Waals surface area contributed by atoms with Crippen LogP contribution in [0.2, 0.25) is 0 Å². The molecule has 0 radical (unpaired) electrons. The third kappa shape index (κ3) is 6.18. The summed E-state index contributed by atoms with van der Waals surface area (Å²) < 4.78 is 2.40. The molecule has 0 N–H and O–H groups in total. The third-order valence-corrected chi connectivity index (χ3v) is 14.4. The molecule has 13 rings (SSSR count). The Balaban J connectivity index is 0.994. The zero-order valence-electron chi connectivity index (χ0n) is 37.5. The van der Waals surface area contributed by atoms with Gasteiger partial charge in [-0.25, -0.2) is 0 Å². The second-order valence-electron chi connectivity index (χ2n) is 18.5. The van der Waals surface area contributed by atoms with Crippen LogP contribution in [0.4, 0.5) is 17.1 Å². The molecule has 1 aliphatic carbocycles. The van der Waals surface area contributed by atoms with E-state index >= 15 is 0 Å². The lowest BCUT2D eigenvalue weighted by Crippen LogP contribution is -2.14. The fourth-order valence-electron chi connectivity index (χ4n) is 11.2. The van der Waals surface area contributed by atoms with Gasteiger partial charge in [0.25, 0.3) is 0 Å². The molecule has 0 spiro atoms. The zero-order valence-corrected chi connectivity index (χ0v) is 37.5. The van der Waals surface area contributed by atoms with Gasteiger partial charge in [0.1, 0.15) is 0 Å². The maximum absolute atomic E-state index is 2.46. The molecule has 316 valence electrons. The van der Waals surface area contributed by atoms with Gasteiger partial charge < -0.3 is 9.47 Å². The molecule has 2 nitrogen and oxygen atoms in total. The molecule has 1 aromatic heterocycles. The van der Waals surface area contributed by atoms with Crippen molar-refractivity contribution in [3.05, 3.63) is 254 Å². The number of aromatic nitrogens is 1. The topological polar surface area (TPSA) is 8.17 Å². The molecule has 0 unspecified atom stereocenters. The minimum atomic E-state index is -0.0639. The number of nitrogens with zero attached hydrogens (tertiary/aromatic N) is 2. The smallest absolute Gasteiger partial charge is 0.0547 e. The monoisotopic (exact) mass is 854 g/mol. The van der Waals surface area contributed by atoms with Crippen LogP contribution in [0.5, 0.6) is 0 Å². The Morgan fingerprint density at radius 1 is 0.343 bits per heavy atom. The first-order valence-corrected chi connectivity index (χ1v) is 23.3. The molecule has 0 bridgehead atoms. The molecule has 67 heavy (non-hydrogen) atoms. The standard InChI is InChI=1S/C65H46N2/c1-65(2)59-29-11-8-24-56(59)58-42-46(36-40-60(58)65)52-23-9-12-30-61(52)66(48-37-33-44(34-38-48)51-26-15-28-54-50-22-7-6-17-43(50)35-39-55(51)54)49-21-14-18-45(41-49)53-27-16-32-63-64(53)57-25-10-13-31-62(57)67(63)47-19-4-3-5-20-47/h3-42H,1-2H3. The van der Waals surface area contributed by atoms with Gasteiger partial charge in [0.05, 0.1) is 16.7 Å². The van der Waals surface area contributed by atoms with Gasteiger partial charge in [0.15, 0.2) is 0 Å². The van der Waals surface area contributed by atoms with Crippen molar-refractivity contribution < 1.29 is 0 Å². The van der Waals surface area contributed by atoms with Crippen molar-refractivity contribution in [1.82, 2.24) is 4.57 Å². The number of hydrogen-bond donors (Lipinski definition) is 0. The number of fused-ring (bicyclic) bond motifs is 9. The van der Waals surface area contributed by atoms with Crippen molar-refractivity contribution in [3.8, 4) is 50.2 Å². The van der Waals surface area contributed by atoms with Gasteiger partial charge in [-0.3, -0.25) is 0 Å². The number of rotatable bonds is 7. The minimum absolute atomic E-state index is 0.0639. The molecular formula is C65H46N2. The third-order valence-electron chi connectivity index (χ3n) is 14.4. The SMILES string of the molecule is CC1(C)c2ccccc2-c2cc(-c3ccccc3N(c3ccc(-c4cccc5c4ccc4ccccc45)cc3)c3cccc(-c4cccc5c4c4ccccc4n5-c4ccccc4)c3)ccc21. The zero-order chi connectivity index (χ0) is 44.6. The van der Waals surface area contributed by atoms with Gasteiger partial charge in [-0.1, -0.05) is 196 Å². The molecule has 0 fully saturated rings. The lowest BCUT2D eigenvalue weighted by molar-refractivity contribution is 0.660. The first-order valence-electron chi connectivity index (χ1n) is 23.3. The quantitative estimate of drug-likeness (QED) is 0.145. The number of hydrogen-bond acceptors (Lipinski definition) is 1. The van der Waals surface area contributed by atoms with E-state index in [-0.39, 0.29) is 5.41 Å². The van der Waals surface area contributed by atoms with E-state index in [1.807, 2.05) is 0 Å². The highest BCUT2D eigenvalue weighted by Gasteiger charge is 2.35. The van der Waals surface area contributed by atoms with Crippen LogP contribution < -0.4 is 4.90 Å². The average Bonchev–Trinajstić information content (AvgIpc) is 3.85. The average molecular weight is 855 g/mol. The predicted molar refractivity (Wildman–Crippen MR) is 284 cm³/mol. The molecule has 1 aliphatic rings. The van der Waals surface area contributed by atoms with Crippen molar-refractivity contribution in [2.75, 3.05) is 4.90 Å². The van der Waals surface area contributed by atoms with Gasteiger partial charge >= 0.3 is 0 Å². The summed E-state index contributed by atoms with van der Waals surface area (Å²) in [5.74, 6) is 0. The molecule has 2 heteroatoms. The van der Waals surface area contributed by atoms with Crippen LogP contribution in [0, 0.1) is 0 Å². The Morgan fingerprint density at radius 3 is 1.85 bits per heavy atom. The van der Waals surface area contributed by atoms with Crippen molar-refractivity contribution >= 4 is 60.4 Å². The summed E-state index contributed by atoms with van der Waals surface area (Å²) in [6.07, 6.45) is 0. The Hall–Kier alpha value is -8.46. The second kappa shape index (κ2) is 15.3. The van der Waals surface area contributed by atoms with Crippen LogP contribution in [-0.4, -0.2) is 4.57 Å². The molecule has 0 amide bonds. The second-order valence-corrected chi connectivity index (χ2v) is 18.5. The van der Waals surface area contributed by atoms with Crippen molar-refractivity contribution in [1.29, 1.82) is 0 Å². The normalized spacial score (nSPS) is 12.7. The molecule has 0 saturated carbocycles. The Labute approximate surface area is 391 Å². The number of para-hydroxylation sites is 3. The fraction of sp³-hybridized carbons (Fsp3) is 0.0462. The number of benzene rings is 11. The van der Waals surface area contributed by atoms with E-state index in [0.29, 0.717) is 0 Å². The molecule has 12 aromatic rings. The van der Waals surface area contributed by atoms with Crippen LogP contribution >= 0.6 is 0 Å². The van der Waals surface area contributed by atoms with Gasteiger partial charge in [-0.2, -0.15) is 0 Å². The summed E-state index contributed by atoms with van der Waals surface area (Å²) in [7, 11) is 0. The lowest BCUT2D eigenvalue weighted by atomic mass is 9.82. The summed E-state index contributed by atoms with van der Waals surface area (Å²) >= 11 is 0. The van der Waals surface area contributed by atoms with Gasteiger partial charge in [0.2, 0.25) is 0 Å². The summed E-state index contributed by atoms with van der Waals surface area (Å²) in [5, 5.41) is 7.55. The molecular weight excluding hydrogens is 809 g/mol. The van der Waals surface area contributed by atoms with E-state index in [2.05, 4.69) is 266 Å². The maximum Gasteiger partial charge on any atom is 0.0547 e. The molecule has 0 saturated heterocycles. The molecule has 11 aromatic carbocycles. The first-order chi connectivity index (χ1) is 33.0. The van der Waals surface area contributed by atoms with Crippen molar-refractivity contribution in [3.63, 3.8) is 0 Å². The van der Waals surface area contributed by atoms with Crippen LogP contribution in [-0.2, 0) is 5.41 Å². The van der Waals surface area contributed by atoms with Crippen LogP contribution in [0.1, 0.15) is 25.0 Å². The van der Waals surface area contributed by atoms with Gasteiger partial charge in [-0.15, -0.1) is 0 Å². The van der Waals surface area contributed by atoms with E-state index in [0.717, 1.165) is 28.3 Å². The van der Waals surface area contributed by atoms with Crippen LogP contribution in [0.15, 0.2) is 243 Å². The summed E-state index contributed by atoms with van der Waals surface area (Å²) in [4.78, 5) is 2.46. The highest BCUT2D eigenvalue weighted by atomic mass is 15.1. The minimum Gasteiger partial charge on any atom is -0.310 e. The largest absolute Gasteiger partial charge is 0.310 e. The van der Waals surface area contributed by atoms with E-state index in [1.165, 1.54) is 93.4 Å². The highest BCUT2D eigenvalue weighted by molar-refractivity contribution is 6.16. The van der Waals surface area contributed by atoms with E-state index in [9.17, 15) is 0 Å². The van der Waals surface area contributed by atoms with Crippen LogP contribution in [0.3, 0.4) is 0 Å². The Morgan fingerprint density at radius 2 is 0.970 bits per heavy atom. The Kier molecular flexibility index (Phi) is 8.91. The van der Waals surface area contributed by atoms with Crippen molar-refractivity contribution in [2.45, 2.75) is 19.3 Å². The summed E-state index contributed by atoms with van der Waals surface area (Å²) in [5.41, 5.74) is 19.3. The molecule has 0 atom stereocenters. The van der Waals surface area contributed by atoms with Gasteiger partial charge in [-0.05, 0) is 132 Å². The predicted octanol–water partition coefficient (Wildman–Crippen LogP) is 17.9. The van der Waals surface area contributed by atoms with E-state index < -0.39 is 0 Å². The maximum atomic E-state index is 2.46. The Bertz CT molecular complexity index is 3890. The first kappa shape index (κ1) is 39.0. The molecule has 0 aliphatic heterocycles. The van der Waals surface area contributed by atoms with Gasteiger partial charge in [0, 0.05) is 38.8 Å². The van der Waals surface area contributed by atoms with Crippen molar-refractivity contribution in [2.24, 2.45) is 0 Å². The summed E-state index contributed by atoms with van der Waals surface area (Å²) in [6.45, 7) is 4.70. The van der Waals surface area contributed by atoms with E-state index in [1.54, 1.807) is 0 Å². The van der Waals surface area contributed by atoms with E-state index in [4.69, 9.17) is 0 Å². The number of anilines is 3. The van der Waals surface area contributed by atoms with Crippen LogP contribution in [0.25, 0.3) is 93.5 Å². The molecule has 1 heterocycles. The fourth-order valence-corrected chi connectivity index (χ4v) is 11.2. The summed E-state index contributed by atoms with van der Waals surface area (Å²) in [6, 6.07) is 89.5.